The van der Waals surface area contributed by atoms with Crippen molar-refractivity contribution in [1.82, 2.24) is 0 Å². The van der Waals surface area contributed by atoms with E-state index in [-0.39, 0.29) is 0 Å². The Morgan fingerprint density at radius 1 is 1.27 bits per heavy atom. The molecule has 0 aliphatic carbocycles. The lowest BCUT2D eigenvalue weighted by Gasteiger charge is -2.18. The Hall–Kier alpha value is -1.22. The van der Waals surface area contributed by atoms with Crippen LogP contribution in [-0.2, 0) is 6.42 Å². The van der Waals surface area contributed by atoms with E-state index in [0.717, 1.165) is 25.1 Å². The molecule has 3 heteroatoms. The Morgan fingerprint density at radius 2 is 2.00 bits per heavy atom. The highest BCUT2D eigenvalue weighted by Gasteiger charge is 2.13. The summed E-state index contributed by atoms with van der Waals surface area (Å²) in [5, 5.41) is 9.63. The number of benzene rings is 1. The molecule has 0 saturated carbocycles. The molecule has 1 aromatic rings. The van der Waals surface area contributed by atoms with Gasteiger partial charge in [-0.1, -0.05) is 0 Å². The van der Waals surface area contributed by atoms with Gasteiger partial charge in [-0.15, -0.1) is 0 Å². The third-order valence-corrected chi connectivity index (χ3v) is 2.95. The largest absolute Gasteiger partial charge is 0.508 e. The molecule has 1 aliphatic heterocycles. The highest BCUT2D eigenvalue weighted by atomic mass is 16.3. The Kier molecular flexibility index (Phi) is 3.11. The predicted octanol–water partition coefficient (Wildman–Crippen LogP) is 1.49. The fourth-order valence-electron chi connectivity index (χ4n) is 2.10. The van der Waals surface area contributed by atoms with Crippen LogP contribution in [0.1, 0.15) is 18.4 Å². The summed E-state index contributed by atoms with van der Waals surface area (Å²) in [6.45, 7) is 2.84. The Morgan fingerprint density at radius 3 is 2.67 bits per heavy atom. The van der Waals surface area contributed by atoms with Crippen molar-refractivity contribution in [3.05, 3.63) is 23.8 Å². The van der Waals surface area contributed by atoms with E-state index in [1.807, 2.05) is 6.07 Å². The van der Waals surface area contributed by atoms with Gasteiger partial charge >= 0.3 is 0 Å². The minimum atomic E-state index is 0.364. The quantitative estimate of drug-likeness (QED) is 0.788. The first kappa shape index (κ1) is 10.3. The molecule has 2 rings (SSSR count). The zero-order valence-corrected chi connectivity index (χ0v) is 8.95. The van der Waals surface area contributed by atoms with Crippen molar-refractivity contribution in [2.75, 3.05) is 24.5 Å². The van der Waals surface area contributed by atoms with Gasteiger partial charge in [0, 0.05) is 18.8 Å². The summed E-state index contributed by atoms with van der Waals surface area (Å²) in [7, 11) is 0. The number of nitrogens with two attached hydrogens (primary N) is 1. The van der Waals surface area contributed by atoms with E-state index in [9.17, 15) is 5.11 Å². The molecule has 1 aromatic carbocycles. The van der Waals surface area contributed by atoms with Gasteiger partial charge < -0.3 is 15.7 Å². The second-order valence-corrected chi connectivity index (χ2v) is 4.05. The van der Waals surface area contributed by atoms with Crippen LogP contribution in [0.4, 0.5) is 5.69 Å². The van der Waals surface area contributed by atoms with Gasteiger partial charge in [-0.3, -0.25) is 0 Å². The lowest BCUT2D eigenvalue weighted by atomic mass is 10.1. The minimum absolute atomic E-state index is 0.364. The van der Waals surface area contributed by atoms with Crippen LogP contribution in [0.15, 0.2) is 18.2 Å². The number of aromatic hydroxyl groups is 1. The summed E-state index contributed by atoms with van der Waals surface area (Å²) >= 11 is 0. The second-order valence-electron chi connectivity index (χ2n) is 4.05. The van der Waals surface area contributed by atoms with Crippen LogP contribution in [0.2, 0.25) is 0 Å². The number of phenolic OH excluding ortho intramolecular Hbond substituents is 1. The van der Waals surface area contributed by atoms with Gasteiger partial charge in [-0.2, -0.15) is 0 Å². The SMILES string of the molecule is NCCc1cc(N2CCCC2)ccc1O. The van der Waals surface area contributed by atoms with Crippen molar-refractivity contribution in [3.8, 4) is 5.75 Å². The van der Waals surface area contributed by atoms with E-state index in [1.54, 1.807) is 6.07 Å². The average Bonchev–Trinajstić information content (AvgIpc) is 2.75. The number of hydrogen-bond donors (Lipinski definition) is 2. The molecule has 1 aliphatic rings. The third-order valence-electron chi connectivity index (χ3n) is 2.95. The molecule has 3 N–H and O–H groups in total. The van der Waals surface area contributed by atoms with Gasteiger partial charge in [0.2, 0.25) is 0 Å². The molecular formula is C12H18N2O. The molecule has 1 heterocycles. The molecule has 0 atom stereocenters. The fourth-order valence-corrected chi connectivity index (χ4v) is 2.10. The lowest BCUT2D eigenvalue weighted by Crippen LogP contribution is -2.17. The summed E-state index contributed by atoms with van der Waals surface area (Å²) < 4.78 is 0. The number of anilines is 1. The zero-order valence-electron chi connectivity index (χ0n) is 8.95. The second kappa shape index (κ2) is 4.53. The topological polar surface area (TPSA) is 49.5 Å². The molecule has 0 unspecified atom stereocenters. The van der Waals surface area contributed by atoms with Crippen LogP contribution in [-0.4, -0.2) is 24.7 Å². The number of hydrogen-bond acceptors (Lipinski definition) is 3. The van der Waals surface area contributed by atoms with E-state index >= 15 is 0 Å². The first-order chi connectivity index (χ1) is 7.31. The first-order valence-electron chi connectivity index (χ1n) is 5.58. The third kappa shape index (κ3) is 2.23. The molecule has 0 aromatic heterocycles. The molecule has 0 bridgehead atoms. The van der Waals surface area contributed by atoms with Crippen LogP contribution in [0.5, 0.6) is 5.75 Å². The van der Waals surface area contributed by atoms with E-state index in [0.29, 0.717) is 12.3 Å². The van der Waals surface area contributed by atoms with E-state index in [1.165, 1.54) is 18.5 Å². The van der Waals surface area contributed by atoms with Crippen molar-refractivity contribution >= 4 is 5.69 Å². The maximum atomic E-state index is 9.63. The van der Waals surface area contributed by atoms with Gasteiger partial charge in [0.1, 0.15) is 5.75 Å². The van der Waals surface area contributed by atoms with Gasteiger partial charge in [0.25, 0.3) is 0 Å². The highest BCUT2D eigenvalue weighted by Crippen LogP contribution is 2.26. The lowest BCUT2D eigenvalue weighted by molar-refractivity contribution is 0.468. The highest BCUT2D eigenvalue weighted by molar-refractivity contribution is 5.53. The minimum Gasteiger partial charge on any atom is -0.508 e. The molecule has 1 saturated heterocycles. The summed E-state index contributed by atoms with van der Waals surface area (Å²) in [4.78, 5) is 2.36. The smallest absolute Gasteiger partial charge is 0.118 e. The molecule has 82 valence electrons. The van der Waals surface area contributed by atoms with E-state index < -0.39 is 0 Å². The summed E-state index contributed by atoms with van der Waals surface area (Å²) in [6.07, 6.45) is 3.29. The zero-order chi connectivity index (χ0) is 10.7. The molecule has 0 spiro atoms. The van der Waals surface area contributed by atoms with Crippen LogP contribution in [0, 0.1) is 0 Å². The van der Waals surface area contributed by atoms with Gasteiger partial charge in [-0.25, -0.2) is 0 Å². The predicted molar refractivity (Wildman–Crippen MR) is 62.3 cm³/mol. The molecular weight excluding hydrogens is 188 g/mol. The van der Waals surface area contributed by atoms with Gasteiger partial charge in [0.15, 0.2) is 0 Å². The number of phenols is 1. The number of rotatable bonds is 3. The first-order valence-corrected chi connectivity index (χ1v) is 5.58. The monoisotopic (exact) mass is 206 g/mol. The van der Waals surface area contributed by atoms with Crippen molar-refractivity contribution < 1.29 is 5.11 Å². The fraction of sp³-hybridized carbons (Fsp3) is 0.500. The van der Waals surface area contributed by atoms with Crippen LogP contribution < -0.4 is 10.6 Å². The maximum absolute atomic E-state index is 9.63. The molecule has 15 heavy (non-hydrogen) atoms. The van der Waals surface area contributed by atoms with Crippen LogP contribution in [0.25, 0.3) is 0 Å². The van der Waals surface area contributed by atoms with E-state index in [2.05, 4.69) is 11.0 Å². The summed E-state index contributed by atoms with van der Waals surface area (Å²) in [5.74, 6) is 0.364. The van der Waals surface area contributed by atoms with Gasteiger partial charge in [-0.05, 0) is 49.6 Å². The Labute approximate surface area is 90.5 Å². The van der Waals surface area contributed by atoms with Crippen molar-refractivity contribution in [2.45, 2.75) is 19.3 Å². The van der Waals surface area contributed by atoms with E-state index in [4.69, 9.17) is 5.73 Å². The average molecular weight is 206 g/mol. The Balaban J connectivity index is 2.21. The van der Waals surface area contributed by atoms with Crippen LogP contribution in [0.3, 0.4) is 0 Å². The van der Waals surface area contributed by atoms with Crippen molar-refractivity contribution in [3.63, 3.8) is 0 Å². The maximum Gasteiger partial charge on any atom is 0.118 e. The van der Waals surface area contributed by atoms with Gasteiger partial charge in [0.05, 0.1) is 0 Å². The van der Waals surface area contributed by atoms with Crippen molar-refractivity contribution in [2.24, 2.45) is 5.73 Å². The summed E-state index contributed by atoms with van der Waals surface area (Å²) in [6, 6.07) is 5.83. The van der Waals surface area contributed by atoms with Crippen LogP contribution >= 0.6 is 0 Å². The molecule has 1 fully saturated rings. The summed E-state index contributed by atoms with van der Waals surface area (Å²) in [5.41, 5.74) is 7.68. The Bertz CT molecular complexity index is 332. The molecule has 3 nitrogen and oxygen atoms in total. The standard InChI is InChI=1S/C12H18N2O/c13-6-5-10-9-11(3-4-12(10)15)14-7-1-2-8-14/h3-4,9,15H,1-2,5-8,13H2. The van der Waals surface area contributed by atoms with Crippen molar-refractivity contribution in [1.29, 1.82) is 0 Å². The molecule has 0 amide bonds. The molecule has 0 radical (unpaired) electrons. The normalized spacial score (nSPS) is 15.9. The number of nitrogens with zero attached hydrogens (tertiary/aromatic N) is 1.